The minimum absolute atomic E-state index is 0.148. The first-order valence-corrected chi connectivity index (χ1v) is 3.16. The third-order valence-corrected chi connectivity index (χ3v) is 1.13. The second-order valence-electron chi connectivity index (χ2n) is 1.97. The predicted octanol–water partition coefficient (Wildman–Crippen LogP) is -0.460. The molecule has 0 aromatic carbocycles. The van der Waals surface area contributed by atoms with Crippen molar-refractivity contribution in [3.8, 4) is 0 Å². The highest BCUT2D eigenvalue weighted by molar-refractivity contribution is 5.94. The van der Waals surface area contributed by atoms with Gasteiger partial charge in [-0.05, 0) is 0 Å². The van der Waals surface area contributed by atoms with Crippen LogP contribution in [0.4, 0.5) is 0 Å². The SMILES string of the molecule is C=CCN(C(C)=O)C(=O)CO. The Labute approximate surface area is 65.1 Å². The van der Waals surface area contributed by atoms with E-state index in [9.17, 15) is 9.59 Å². The molecule has 4 heteroatoms. The molecule has 0 saturated heterocycles. The van der Waals surface area contributed by atoms with Crippen LogP contribution in [-0.2, 0) is 9.59 Å². The lowest BCUT2D eigenvalue weighted by atomic mass is 10.4. The van der Waals surface area contributed by atoms with Crippen molar-refractivity contribution in [1.29, 1.82) is 0 Å². The van der Waals surface area contributed by atoms with Crippen molar-refractivity contribution in [3.05, 3.63) is 12.7 Å². The third-order valence-electron chi connectivity index (χ3n) is 1.13. The average Bonchev–Trinajstić information content (AvgIpc) is 1.98. The van der Waals surface area contributed by atoms with E-state index in [-0.39, 0.29) is 12.5 Å². The van der Waals surface area contributed by atoms with Gasteiger partial charge in [0.2, 0.25) is 5.91 Å². The molecule has 0 unspecified atom stereocenters. The lowest BCUT2D eigenvalue weighted by Crippen LogP contribution is -2.37. The van der Waals surface area contributed by atoms with Crippen LogP contribution in [0.3, 0.4) is 0 Å². The Morgan fingerprint density at radius 1 is 1.64 bits per heavy atom. The molecule has 0 heterocycles. The number of aliphatic hydroxyl groups is 1. The van der Waals surface area contributed by atoms with Crippen molar-refractivity contribution < 1.29 is 14.7 Å². The van der Waals surface area contributed by atoms with Gasteiger partial charge in [0.15, 0.2) is 0 Å². The van der Waals surface area contributed by atoms with Gasteiger partial charge in [-0.1, -0.05) is 6.08 Å². The molecule has 0 saturated carbocycles. The largest absolute Gasteiger partial charge is 0.387 e. The first-order valence-electron chi connectivity index (χ1n) is 3.16. The van der Waals surface area contributed by atoms with Crippen LogP contribution < -0.4 is 0 Å². The third kappa shape index (κ3) is 2.95. The Hall–Kier alpha value is -1.16. The van der Waals surface area contributed by atoms with Crippen molar-refractivity contribution in [2.45, 2.75) is 6.92 Å². The summed E-state index contributed by atoms with van der Waals surface area (Å²) in [6, 6.07) is 0. The van der Waals surface area contributed by atoms with E-state index in [0.717, 1.165) is 4.90 Å². The van der Waals surface area contributed by atoms with Crippen LogP contribution in [0.5, 0.6) is 0 Å². The van der Waals surface area contributed by atoms with Gasteiger partial charge < -0.3 is 5.11 Å². The van der Waals surface area contributed by atoms with Crippen LogP contribution in [0.25, 0.3) is 0 Å². The zero-order chi connectivity index (χ0) is 8.85. The quantitative estimate of drug-likeness (QED) is 0.564. The summed E-state index contributed by atoms with van der Waals surface area (Å²) < 4.78 is 0. The molecule has 0 aliphatic carbocycles. The number of nitrogens with zero attached hydrogens (tertiary/aromatic N) is 1. The van der Waals surface area contributed by atoms with Gasteiger partial charge in [-0.15, -0.1) is 6.58 Å². The van der Waals surface area contributed by atoms with E-state index in [1.54, 1.807) is 0 Å². The molecule has 0 bridgehead atoms. The summed E-state index contributed by atoms with van der Waals surface area (Å²) in [5, 5.41) is 8.40. The minimum Gasteiger partial charge on any atom is -0.387 e. The Kier molecular flexibility index (Phi) is 4.14. The van der Waals surface area contributed by atoms with E-state index in [4.69, 9.17) is 5.11 Å². The topological polar surface area (TPSA) is 57.6 Å². The molecule has 1 N–H and O–H groups in total. The Bertz CT molecular complexity index is 177. The minimum atomic E-state index is -0.645. The zero-order valence-electron chi connectivity index (χ0n) is 6.41. The maximum Gasteiger partial charge on any atom is 0.255 e. The number of imide groups is 1. The highest BCUT2D eigenvalue weighted by Crippen LogP contribution is 1.90. The molecule has 0 aromatic heterocycles. The van der Waals surface area contributed by atoms with E-state index in [1.165, 1.54) is 13.0 Å². The van der Waals surface area contributed by atoms with Crippen molar-refractivity contribution in [2.24, 2.45) is 0 Å². The van der Waals surface area contributed by atoms with Crippen molar-refractivity contribution in [2.75, 3.05) is 13.2 Å². The molecule has 0 radical (unpaired) electrons. The van der Waals surface area contributed by atoms with Gasteiger partial charge in [-0.25, -0.2) is 0 Å². The van der Waals surface area contributed by atoms with Gasteiger partial charge in [-0.2, -0.15) is 0 Å². The molecule has 2 amide bonds. The fourth-order valence-corrected chi connectivity index (χ4v) is 0.620. The molecule has 11 heavy (non-hydrogen) atoms. The highest BCUT2D eigenvalue weighted by atomic mass is 16.3. The van der Waals surface area contributed by atoms with E-state index in [1.807, 2.05) is 0 Å². The number of rotatable bonds is 3. The van der Waals surface area contributed by atoms with Gasteiger partial charge in [0.05, 0.1) is 0 Å². The van der Waals surface area contributed by atoms with Gasteiger partial charge in [0, 0.05) is 13.5 Å². The number of carbonyl (C=O) groups is 2. The molecule has 0 aliphatic rings. The number of amides is 2. The van der Waals surface area contributed by atoms with Gasteiger partial charge in [0.1, 0.15) is 6.61 Å². The Morgan fingerprint density at radius 3 is 2.45 bits per heavy atom. The van der Waals surface area contributed by atoms with Gasteiger partial charge >= 0.3 is 0 Å². The summed E-state index contributed by atoms with van der Waals surface area (Å²) in [4.78, 5) is 22.4. The smallest absolute Gasteiger partial charge is 0.255 e. The fourth-order valence-electron chi connectivity index (χ4n) is 0.620. The molecule has 0 fully saturated rings. The summed E-state index contributed by atoms with van der Waals surface area (Å²) >= 11 is 0. The first-order chi connectivity index (χ1) is 5.13. The number of aliphatic hydroxyl groups excluding tert-OH is 1. The van der Waals surface area contributed by atoms with Crippen LogP contribution >= 0.6 is 0 Å². The maximum absolute atomic E-state index is 10.8. The summed E-state index contributed by atoms with van der Waals surface area (Å²) in [7, 11) is 0. The van der Waals surface area contributed by atoms with E-state index in [0.29, 0.717) is 0 Å². The lowest BCUT2D eigenvalue weighted by molar-refractivity contribution is -0.144. The number of carbonyl (C=O) groups excluding carboxylic acids is 2. The van der Waals surface area contributed by atoms with Crippen molar-refractivity contribution >= 4 is 11.8 Å². The Morgan fingerprint density at radius 2 is 2.18 bits per heavy atom. The van der Waals surface area contributed by atoms with Crippen LogP contribution in [0.2, 0.25) is 0 Å². The van der Waals surface area contributed by atoms with Crippen molar-refractivity contribution in [1.82, 2.24) is 4.90 Å². The monoisotopic (exact) mass is 157 g/mol. The van der Waals surface area contributed by atoms with Gasteiger partial charge in [0.25, 0.3) is 5.91 Å². The average molecular weight is 157 g/mol. The fraction of sp³-hybridized carbons (Fsp3) is 0.429. The number of hydrogen-bond donors (Lipinski definition) is 1. The molecule has 0 atom stereocenters. The molecule has 0 rings (SSSR count). The van der Waals surface area contributed by atoms with Gasteiger partial charge in [-0.3, -0.25) is 14.5 Å². The summed E-state index contributed by atoms with van der Waals surface area (Å²) in [6.07, 6.45) is 1.43. The van der Waals surface area contributed by atoms with Crippen LogP contribution in [0.1, 0.15) is 6.92 Å². The second kappa shape index (κ2) is 4.62. The molecule has 0 aliphatic heterocycles. The highest BCUT2D eigenvalue weighted by Gasteiger charge is 2.14. The van der Waals surface area contributed by atoms with E-state index in [2.05, 4.69) is 6.58 Å². The maximum atomic E-state index is 10.8. The summed E-state index contributed by atoms with van der Waals surface area (Å²) in [5.41, 5.74) is 0. The second-order valence-corrected chi connectivity index (χ2v) is 1.97. The molecular weight excluding hydrogens is 146 g/mol. The predicted molar refractivity (Wildman–Crippen MR) is 39.7 cm³/mol. The van der Waals surface area contributed by atoms with Crippen LogP contribution in [0, 0.1) is 0 Å². The lowest BCUT2D eigenvalue weighted by Gasteiger charge is -2.14. The Balaban J connectivity index is 4.20. The molecule has 0 spiro atoms. The first kappa shape index (κ1) is 9.84. The normalized spacial score (nSPS) is 8.91. The summed E-state index contributed by atoms with van der Waals surface area (Å²) in [5.74, 6) is -0.985. The van der Waals surface area contributed by atoms with Crippen LogP contribution in [-0.4, -0.2) is 35.0 Å². The zero-order valence-corrected chi connectivity index (χ0v) is 6.41. The van der Waals surface area contributed by atoms with E-state index >= 15 is 0 Å². The van der Waals surface area contributed by atoms with Crippen LogP contribution in [0.15, 0.2) is 12.7 Å². The molecular formula is C7H11NO3. The van der Waals surface area contributed by atoms with E-state index < -0.39 is 12.5 Å². The summed E-state index contributed by atoms with van der Waals surface area (Å²) in [6.45, 7) is 4.13. The molecule has 4 nitrogen and oxygen atoms in total. The number of hydrogen-bond acceptors (Lipinski definition) is 3. The van der Waals surface area contributed by atoms with Crippen molar-refractivity contribution in [3.63, 3.8) is 0 Å². The standard InChI is InChI=1S/C7H11NO3/c1-3-4-8(6(2)10)7(11)5-9/h3,9H,1,4-5H2,2H3. The molecule has 0 aromatic rings. The molecule has 62 valence electrons.